The van der Waals surface area contributed by atoms with E-state index in [0.29, 0.717) is 16.5 Å². The third kappa shape index (κ3) is 1.88. The fourth-order valence-electron chi connectivity index (χ4n) is 1.47. The summed E-state index contributed by atoms with van der Waals surface area (Å²) in [6, 6.07) is 5.12. The summed E-state index contributed by atoms with van der Waals surface area (Å²) in [6.45, 7) is -0.437. The van der Waals surface area contributed by atoms with E-state index in [1.807, 2.05) is 0 Å². The molecule has 0 radical (unpaired) electrons. The van der Waals surface area contributed by atoms with Crippen molar-refractivity contribution in [1.82, 2.24) is 0 Å². The molecule has 4 nitrogen and oxygen atoms in total. The summed E-state index contributed by atoms with van der Waals surface area (Å²) in [4.78, 5) is 0. The summed E-state index contributed by atoms with van der Waals surface area (Å²) < 4.78 is 10.9. The van der Waals surface area contributed by atoms with E-state index in [0.717, 1.165) is 0 Å². The first-order chi connectivity index (χ1) is 7.26. The van der Waals surface area contributed by atoms with Crippen LogP contribution >= 0.6 is 11.6 Å². The molecule has 0 saturated heterocycles. The quantitative estimate of drug-likeness (QED) is 0.790. The van der Waals surface area contributed by atoms with Crippen LogP contribution in [0.3, 0.4) is 0 Å². The van der Waals surface area contributed by atoms with Gasteiger partial charge < -0.3 is 19.7 Å². The van der Waals surface area contributed by atoms with Gasteiger partial charge in [0, 0.05) is 0 Å². The Morgan fingerprint density at radius 1 is 1.13 bits per heavy atom. The van der Waals surface area contributed by atoms with Crippen LogP contribution in [0.4, 0.5) is 0 Å². The van der Waals surface area contributed by atoms with E-state index >= 15 is 0 Å². The lowest BCUT2D eigenvalue weighted by atomic mass is 10.2. The van der Waals surface area contributed by atoms with Gasteiger partial charge in [0.2, 0.25) is 0 Å². The first kappa shape index (κ1) is 10.5. The molecule has 2 rings (SSSR count). The van der Waals surface area contributed by atoms with Crippen LogP contribution < -0.4 is 9.47 Å². The Bertz CT molecular complexity index is 355. The summed E-state index contributed by atoms with van der Waals surface area (Å²) in [7, 11) is 0. The van der Waals surface area contributed by atoms with Crippen LogP contribution in [0.5, 0.6) is 11.5 Å². The second-order valence-corrected chi connectivity index (χ2v) is 3.65. The minimum Gasteiger partial charge on any atom is -0.480 e. The number of para-hydroxylation sites is 1. The molecular formula is C10H11ClO4. The maximum Gasteiger partial charge on any atom is 0.180 e. The number of aliphatic hydroxyl groups is 2. The Morgan fingerprint density at radius 3 is 2.47 bits per heavy atom. The lowest BCUT2D eigenvalue weighted by molar-refractivity contribution is -0.0349. The van der Waals surface area contributed by atoms with Crippen LogP contribution in [-0.2, 0) is 0 Å². The molecule has 1 aromatic rings. The van der Waals surface area contributed by atoms with E-state index in [1.54, 1.807) is 18.2 Å². The number of fused-ring (bicyclic) bond motifs is 1. The summed E-state index contributed by atoms with van der Waals surface area (Å²) in [5, 5.41) is 18.5. The topological polar surface area (TPSA) is 58.9 Å². The minimum absolute atomic E-state index is 0.211. The van der Waals surface area contributed by atoms with E-state index in [1.165, 1.54) is 0 Å². The van der Waals surface area contributed by atoms with Crippen molar-refractivity contribution < 1.29 is 19.7 Å². The lowest BCUT2D eigenvalue weighted by Gasteiger charge is -2.32. The van der Waals surface area contributed by atoms with Gasteiger partial charge in [-0.2, -0.15) is 0 Å². The average Bonchev–Trinajstić information content (AvgIpc) is 2.28. The maximum absolute atomic E-state index is 9.05. The molecule has 0 aromatic heterocycles. The van der Waals surface area contributed by atoms with Crippen molar-refractivity contribution in [3.05, 3.63) is 23.2 Å². The summed E-state index contributed by atoms with van der Waals surface area (Å²) >= 11 is 5.91. The zero-order valence-corrected chi connectivity index (χ0v) is 8.65. The van der Waals surface area contributed by atoms with E-state index in [4.69, 9.17) is 31.3 Å². The fourth-order valence-corrected chi connectivity index (χ4v) is 1.68. The standard InChI is InChI=1S/C10H11ClO4/c11-6-2-1-3-7-10(6)15-9(5-13)8(4-12)14-7/h1-3,8-9,12-13H,4-5H2/t8-,9-/m1/s1. The molecule has 0 spiro atoms. The van der Waals surface area contributed by atoms with Crippen molar-refractivity contribution >= 4 is 11.6 Å². The Kier molecular flexibility index (Phi) is 3.00. The number of hydrogen-bond donors (Lipinski definition) is 2. The number of benzene rings is 1. The molecule has 0 unspecified atom stereocenters. The molecule has 0 amide bonds. The molecule has 0 fully saturated rings. The lowest BCUT2D eigenvalue weighted by Crippen LogP contribution is -2.44. The smallest absolute Gasteiger partial charge is 0.180 e. The van der Waals surface area contributed by atoms with Crippen molar-refractivity contribution in [2.75, 3.05) is 13.2 Å². The first-order valence-electron chi connectivity index (χ1n) is 4.59. The normalized spacial score (nSPS) is 23.9. The molecule has 15 heavy (non-hydrogen) atoms. The van der Waals surface area contributed by atoms with E-state index in [-0.39, 0.29) is 13.2 Å². The number of halogens is 1. The largest absolute Gasteiger partial charge is 0.480 e. The van der Waals surface area contributed by atoms with Gasteiger partial charge in [-0.15, -0.1) is 0 Å². The first-order valence-corrected chi connectivity index (χ1v) is 4.97. The Hall–Kier alpha value is -0.970. The number of ether oxygens (including phenoxy) is 2. The highest BCUT2D eigenvalue weighted by molar-refractivity contribution is 6.32. The number of aliphatic hydroxyl groups excluding tert-OH is 2. The van der Waals surface area contributed by atoms with Crippen LogP contribution in [0.25, 0.3) is 0 Å². The molecular weight excluding hydrogens is 220 g/mol. The van der Waals surface area contributed by atoms with Gasteiger partial charge >= 0.3 is 0 Å². The molecule has 82 valence electrons. The second-order valence-electron chi connectivity index (χ2n) is 3.24. The molecule has 0 aliphatic carbocycles. The van der Waals surface area contributed by atoms with Crippen LogP contribution in [0, 0.1) is 0 Å². The van der Waals surface area contributed by atoms with Gasteiger partial charge in [-0.1, -0.05) is 17.7 Å². The second kappa shape index (κ2) is 4.26. The summed E-state index contributed by atoms with van der Waals surface area (Å²) in [5.74, 6) is 0.911. The Labute approximate surface area is 92.0 Å². The molecule has 2 atom stereocenters. The molecule has 2 N–H and O–H groups in total. The van der Waals surface area contributed by atoms with Crippen LogP contribution in [0.15, 0.2) is 18.2 Å². The van der Waals surface area contributed by atoms with E-state index < -0.39 is 12.2 Å². The predicted molar refractivity (Wildman–Crippen MR) is 54.5 cm³/mol. The minimum atomic E-state index is -0.581. The molecule has 1 aliphatic heterocycles. The fraction of sp³-hybridized carbons (Fsp3) is 0.400. The SMILES string of the molecule is OC[C@H]1Oc2cccc(Cl)c2O[C@@H]1CO. The summed E-state index contributed by atoms with van der Waals surface area (Å²) in [5.41, 5.74) is 0. The van der Waals surface area contributed by atoms with Crippen molar-refractivity contribution in [3.63, 3.8) is 0 Å². The molecule has 1 heterocycles. The van der Waals surface area contributed by atoms with Crippen molar-refractivity contribution in [2.45, 2.75) is 12.2 Å². The monoisotopic (exact) mass is 230 g/mol. The maximum atomic E-state index is 9.05. The van der Waals surface area contributed by atoms with Gasteiger partial charge in [-0.25, -0.2) is 0 Å². The molecule has 1 aliphatic rings. The highest BCUT2D eigenvalue weighted by atomic mass is 35.5. The zero-order chi connectivity index (χ0) is 10.8. The van der Waals surface area contributed by atoms with Gasteiger partial charge in [-0.05, 0) is 12.1 Å². The average molecular weight is 231 g/mol. The number of rotatable bonds is 2. The third-order valence-electron chi connectivity index (χ3n) is 2.25. The van der Waals surface area contributed by atoms with Gasteiger partial charge in [0.15, 0.2) is 23.7 Å². The molecule has 0 saturated carbocycles. The zero-order valence-electron chi connectivity index (χ0n) is 7.89. The molecule has 5 heteroatoms. The molecule has 1 aromatic carbocycles. The van der Waals surface area contributed by atoms with E-state index in [2.05, 4.69) is 0 Å². The highest BCUT2D eigenvalue weighted by Crippen LogP contribution is 2.39. The van der Waals surface area contributed by atoms with E-state index in [9.17, 15) is 0 Å². The Morgan fingerprint density at radius 2 is 1.80 bits per heavy atom. The predicted octanol–water partition coefficient (Wildman–Crippen LogP) is 0.833. The van der Waals surface area contributed by atoms with Gasteiger partial charge in [-0.3, -0.25) is 0 Å². The van der Waals surface area contributed by atoms with Crippen LogP contribution in [0.2, 0.25) is 5.02 Å². The Balaban J connectivity index is 2.33. The van der Waals surface area contributed by atoms with Crippen LogP contribution in [0.1, 0.15) is 0 Å². The number of hydrogen-bond acceptors (Lipinski definition) is 4. The van der Waals surface area contributed by atoms with Gasteiger partial charge in [0.1, 0.15) is 0 Å². The van der Waals surface area contributed by atoms with Crippen molar-refractivity contribution in [3.8, 4) is 11.5 Å². The van der Waals surface area contributed by atoms with Gasteiger partial charge in [0.25, 0.3) is 0 Å². The van der Waals surface area contributed by atoms with Crippen molar-refractivity contribution in [1.29, 1.82) is 0 Å². The highest BCUT2D eigenvalue weighted by Gasteiger charge is 2.31. The summed E-state index contributed by atoms with van der Waals surface area (Å²) in [6.07, 6.45) is -1.14. The van der Waals surface area contributed by atoms with Crippen molar-refractivity contribution in [2.24, 2.45) is 0 Å². The van der Waals surface area contributed by atoms with Crippen LogP contribution in [-0.4, -0.2) is 35.6 Å². The van der Waals surface area contributed by atoms with Gasteiger partial charge in [0.05, 0.1) is 18.2 Å². The third-order valence-corrected chi connectivity index (χ3v) is 2.55. The molecule has 0 bridgehead atoms.